The first kappa shape index (κ1) is 10.9. The minimum absolute atomic E-state index is 0.106. The third kappa shape index (κ3) is 2.31. The number of nitrogens with two attached hydrogens (primary N) is 1. The van der Waals surface area contributed by atoms with Gasteiger partial charge in [-0.15, -0.1) is 11.3 Å². The summed E-state index contributed by atoms with van der Waals surface area (Å²) in [5.74, 6) is 0. The van der Waals surface area contributed by atoms with Gasteiger partial charge in [0.1, 0.15) is 5.01 Å². The van der Waals surface area contributed by atoms with Crippen LogP contribution in [0.2, 0.25) is 0 Å². The van der Waals surface area contributed by atoms with Gasteiger partial charge in [0.15, 0.2) is 0 Å². The molecule has 1 aromatic heterocycles. The van der Waals surface area contributed by atoms with Gasteiger partial charge in [-0.05, 0) is 19.3 Å². The highest BCUT2D eigenvalue weighted by molar-refractivity contribution is 7.09. The van der Waals surface area contributed by atoms with Crippen molar-refractivity contribution in [3.8, 4) is 0 Å². The van der Waals surface area contributed by atoms with Crippen molar-refractivity contribution in [1.82, 2.24) is 4.98 Å². The maximum Gasteiger partial charge on any atom is 0.395 e. The zero-order chi connectivity index (χ0) is 11.1. The van der Waals surface area contributed by atoms with E-state index in [1.165, 1.54) is 0 Å². The van der Waals surface area contributed by atoms with E-state index in [-0.39, 0.29) is 5.01 Å². The van der Waals surface area contributed by atoms with Crippen molar-refractivity contribution in [3.63, 3.8) is 0 Å². The Morgan fingerprint density at radius 3 is 2.60 bits per heavy atom. The maximum atomic E-state index is 12.1. The van der Waals surface area contributed by atoms with Gasteiger partial charge in [0, 0.05) is 5.38 Å². The third-order valence-electron chi connectivity index (χ3n) is 2.66. The molecule has 84 valence electrons. The Labute approximate surface area is 89.3 Å². The van der Waals surface area contributed by atoms with Crippen LogP contribution in [-0.2, 0) is 12.0 Å². The van der Waals surface area contributed by atoms with Crippen LogP contribution in [0.3, 0.4) is 0 Å². The van der Waals surface area contributed by atoms with Crippen molar-refractivity contribution in [3.05, 3.63) is 16.1 Å². The van der Waals surface area contributed by atoms with Gasteiger partial charge >= 0.3 is 6.18 Å². The molecule has 1 fully saturated rings. The molecule has 0 aromatic carbocycles. The molecular weight excluding hydrogens is 225 g/mol. The summed E-state index contributed by atoms with van der Waals surface area (Å²) in [6.45, 7) is 0. The Kier molecular flexibility index (Phi) is 2.50. The molecule has 2 N–H and O–H groups in total. The highest BCUT2D eigenvalue weighted by Crippen LogP contribution is 2.39. The van der Waals surface area contributed by atoms with Gasteiger partial charge in [0.2, 0.25) is 0 Å². The zero-order valence-electron chi connectivity index (χ0n) is 7.97. The molecule has 0 unspecified atom stereocenters. The second-order valence-electron chi connectivity index (χ2n) is 3.93. The molecule has 0 saturated heterocycles. The molecule has 1 aromatic rings. The van der Waals surface area contributed by atoms with Crippen LogP contribution in [0.15, 0.2) is 5.38 Å². The number of halogens is 3. The summed E-state index contributed by atoms with van der Waals surface area (Å²) in [4.78, 5) is 3.96. The Morgan fingerprint density at radius 1 is 1.47 bits per heavy atom. The summed E-state index contributed by atoms with van der Waals surface area (Å²) >= 11 is 1.04. The van der Waals surface area contributed by atoms with Gasteiger partial charge in [-0.3, -0.25) is 0 Å². The molecule has 0 aliphatic heterocycles. The number of hydrogen-bond acceptors (Lipinski definition) is 3. The topological polar surface area (TPSA) is 38.9 Å². The SMILES string of the molecule is NC1(c2csc(CC(F)(F)F)n2)CCC1. The maximum absolute atomic E-state index is 12.1. The van der Waals surface area contributed by atoms with E-state index >= 15 is 0 Å². The van der Waals surface area contributed by atoms with Crippen molar-refractivity contribution in [2.45, 2.75) is 37.4 Å². The number of alkyl halides is 3. The van der Waals surface area contributed by atoms with Gasteiger partial charge < -0.3 is 5.73 Å². The number of hydrogen-bond donors (Lipinski definition) is 1. The van der Waals surface area contributed by atoms with E-state index in [4.69, 9.17) is 5.73 Å². The molecule has 1 aliphatic carbocycles. The van der Waals surface area contributed by atoms with Gasteiger partial charge in [-0.1, -0.05) is 0 Å². The van der Waals surface area contributed by atoms with Crippen molar-refractivity contribution >= 4 is 11.3 Å². The van der Waals surface area contributed by atoms with E-state index in [1.54, 1.807) is 5.38 Å². The lowest BCUT2D eigenvalue weighted by Crippen LogP contribution is -2.43. The van der Waals surface area contributed by atoms with Gasteiger partial charge in [-0.25, -0.2) is 4.98 Å². The van der Waals surface area contributed by atoms with Crippen molar-refractivity contribution in [1.29, 1.82) is 0 Å². The lowest BCUT2D eigenvalue weighted by Gasteiger charge is -2.36. The number of rotatable bonds is 2. The molecule has 0 radical (unpaired) electrons. The van der Waals surface area contributed by atoms with Crippen LogP contribution in [0, 0.1) is 0 Å². The van der Waals surface area contributed by atoms with E-state index in [0.717, 1.165) is 30.6 Å². The van der Waals surface area contributed by atoms with E-state index in [9.17, 15) is 13.2 Å². The monoisotopic (exact) mass is 236 g/mol. The standard InChI is InChI=1S/C9H11F3N2S/c10-9(11,12)4-7-14-6(5-15-7)8(13)2-1-3-8/h5H,1-4,13H2. The summed E-state index contributed by atoms with van der Waals surface area (Å²) in [6.07, 6.45) is -2.46. The van der Waals surface area contributed by atoms with Crippen LogP contribution in [0.4, 0.5) is 13.2 Å². The van der Waals surface area contributed by atoms with Crippen LogP contribution >= 0.6 is 11.3 Å². The first-order valence-electron chi connectivity index (χ1n) is 4.70. The molecule has 2 nitrogen and oxygen atoms in total. The Morgan fingerprint density at radius 2 is 2.13 bits per heavy atom. The summed E-state index contributed by atoms with van der Waals surface area (Å²) in [7, 11) is 0. The number of thiazole rings is 1. The molecule has 15 heavy (non-hydrogen) atoms. The summed E-state index contributed by atoms with van der Waals surface area (Å²) in [5, 5.41) is 1.76. The van der Waals surface area contributed by atoms with Crippen molar-refractivity contribution in [2.75, 3.05) is 0 Å². The Bertz CT molecular complexity index is 354. The molecule has 0 spiro atoms. The summed E-state index contributed by atoms with van der Waals surface area (Å²) < 4.78 is 36.2. The average Bonchev–Trinajstić information content (AvgIpc) is 2.45. The van der Waals surface area contributed by atoms with Crippen molar-refractivity contribution < 1.29 is 13.2 Å². The molecule has 0 atom stereocenters. The molecule has 2 rings (SSSR count). The second-order valence-corrected chi connectivity index (χ2v) is 4.87. The fourth-order valence-corrected chi connectivity index (χ4v) is 2.54. The molecule has 0 bridgehead atoms. The lowest BCUT2D eigenvalue weighted by atomic mass is 9.76. The van der Waals surface area contributed by atoms with E-state index < -0.39 is 18.1 Å². The second kappa shape index (κ2) is 3.45. The normalized spacial score (nSPS) is 20.0. The van der Waals surface area contributed by atoms with Crippen LogP contribution in [0.5, 0.6) is 0 Å². The third-order valence-corrected chi connectivity index (χ3v) is 3.51. The average molecular weight is 236 g/mol. The van der Waals surface area contributed by atoms with E-state index in [0.29, 0.717) is 5.69 Å². The Balaban J connectivity index is 2.10. The van der Waals surface area contributed by atoms with Gasteiger partial charge in [0.05, 0.1) is 17.7 Å². The highest BCUT2D eigenvalue weighted by atomic mass is 32.1. The summed E-state index contributed by atoms with van der Waals surface area (Å²) in [5.41, 5.74) is 6.13. The van der Waals surface area contributed by atoms with Gasteiger partial charge in [-0.2, -0.15) is 13.2 Å². The molecular formula is C9H11F3N2S. The molecule has 1 aliphatic rings. The highest BCUT2D eigenvalue weighted by Gasteiger charge is 2.37. The van der Waals surface area contributed by atoms with E-state index in [1.807, 2.05) is 0 Å². The van der Waals surface area contributed by atoms with Gasteiger partial charge in [0.25, 0.3) is 0 Å². The first-order chi connectivity index (χ1) is 6.89. The minimum atomic E-state index is -4.18. The van der Waals surface area contributed by atoms with Crippen LogP contribution in [0.25, 0.3) is 0 Å². The number of nitrogens with zero attached hydrogens (tertiary/aromatic N) is 1. The first-order valence-corrected chi connectivity index (χ1v) is 5.58. The smallest absolute Gasteiger partial charge is 0.320 e. The fraction of sp³-hybridized carbons (Fsp3) is 0.667. The predicted molar refractivity (Wildman–Crippen MR) is 51.6 cm³/mol. The van der Waals surface area contributed by atoms with Crippen LogP contribution in [0.1, 0.15) is 30.0 Å². The number of aromatic nitrogens is 1. The van der Waals surface area contributed by atoms with E-state index in [2.05, 4.69) is 4.98 Å². The quantitative estimate of drug-likeness (QED) is 0.857. The minimum Gasteiger partial charge on any atom is -0.320 e. The largest absolute Gasteiger partial charge is 0.395 e. The van der Waals surface area contributed by atoms with Crippen LogP contribution in [-0.4, -0.2) is 11.2 Å². The lowest BCUT2D eigenvalue weighted by molar-refractivity contribution is -0.127. The van der Waals surface area contributed by atoms with Crippen LogP contribution < -0.4 is 5.73 Å². The Hall–Kier alpha value is -0.620. The zero-order valence-corrected chi connectivity index (χ0v) is 8.79. The molecule has 1 saturated carbocycles. The molecule has 0 amide bonds. The fourth-order valence-electron chi connectivity index (χ4n) is 1.61. The predicted octanol–water partition coefficient (Wildman–Crippen LogP) is 2.59. The van der Waals surface area contributed by atoms with Crippen molar-refractivity contribution in [2.24, 2.45) is 5.73 Å². The summed E-state index contributed by atoms with van der Waals surface area (Å²) in [6, 6.07) is 0. The molecule has 1 heterocycles. The molecule has 6 heteroatoms.